The molecule has 0 aromatic rings. The summed E-state index contributed by atoms with van der Waals surface area (Å²) < 4.78 is 27.2. The maximum atomic E-state index is 12.1. The van der Waals surface area contributed by atoms with Gasteiger partial charge >= 0.3 is 5.97 Å². The SMILES string of the molecule is CCCCCCCCCCCCCCCCCCCCCCCC(=O)O[C@H](CO)COP(=O)([O-])OCC[N+](C)(C)C. The molecule has 0 aliphatic heterocycles. The number of ether oxygens (including phenoxy) is 1. The maximum absolute atomic E-state index is 12.1. The van der Waals surface area contributed by atoms with Gasteiger partial charge in [0.25, 0.3) is 7.82 Å². The molecule has 41 heavy (non-hydrogen) atoms. The van der Waals surface area contributed by atoms with Crippen molar-refractivity contribution in [2.24, 2.45) is 0 Å². The molecule has 0 rings (SSSR count). The van der Waals surface area contributed by atoms with Crippen molar-refractivity contribution < 1.29 is 37.6 Å². The van der Waals surface area contributed by atoms with Crippen LogP contribution in [0, 0.1) is 0 Å². The van der Waals surface area contributed by atoms with Crippen molar-refractivity contribution in [2.45, 2.75) is 154 Å². The molecule has 0 aliphatic carbocycles. The van der Waals surface area contributed by atoms with Gasteiger partial charge in [-0.2, -0.15) is 0 Å². The summed E-state index contributed by atoms with van der Waals surface area (Å²) in [4.78, 5) is 23.9. The highest BCUT2D eigenvalue weighted by Gasteiger charge is 2.19. The van der Waals surface area contributed by atoms with Crippen molar-refractivity contribution in [1.82, 2.24) is 0 Å². The molecule has 246 valence electrons. The van der Waals surface area contributed by atoms with Crippen molar-refractivity contribution in [3.8, 4) is 0 Å². The van der Waals surface area contributed by atoms with Crippen LogP contribution in [0.15, 0.2) is 0 Å². The first-order valence-corrected chi connectivity index (χ1v) is 18.3. The van der Waals surface area contributed by atoms with E-state index < -0.39 is 33.1 Å². The van der Waals surface area contributed by atoms with E-state index in [9.17, 15) is 19.4 Å². The van der Waals surface area contributed by atoms with Crippen LogP contribution in [0.4, 0.5) is 0 Å². The summed E-state index contributed by atoms with van der Waals surface area (Å²) in [6.45, 7) is 1.80. The summed E-state index contributed by atoms with van der Waals surface area (Å²) in [7, 11) is 1.25. The topological polar surface area (TPSA) is 105 Å². The van der Waals surface area contributed by atoms with Crippen molar-refractivity contribution in [1.29, 1.82) is 0 Å². The lowest BCUT2D eigenvalue weighted by Crippen LogP contribution is -2.37. The van der Waals surface area contributed by atoms with Gasteiger partial charge < -0.3 is 28.3 Å². The predicted molar refractivity (Wildman–Crippen MR) is 167 cm³/mol. The third-order valence-corrected chi connectivity index (χ3v) is 8.38. The molecule has 0 saturated carbocycles. The highest BCUT2D eigenvalue weighted by atomic mass is 31.2. The fraction of sp³-hybridized carbons (Fsp3) is 0.969. The molecule has 0 amide bonds. The molecule has 8 nitrogen and oxygen atoms in total. The number of nitrogens with zero attached hydrogens (tertiary/aromatic N) is 1. The van der Waals surface area contributed by atoms with Gasteiger partial charge in [0.1, 0.15) is 19.3 Å². The number of hydrogen-bond acceptors (Lipinski definition) is 7. The number of aliphatic hydroxyl groups excluding tert-OH is 1. The largest absolute Gasteiger partial charge is 0.756 e. The zero-order valence-electron chi connectivity index (χ0n) is 27.3. The predicted octanol–water partition coefficient (Wildman–Crippen LogP) is 7.70. The molecule has 0 heterocycles. The molecular formula is C32H66NO7P. The highest BCUT2D eigenvalue weighted by molar-refractivity contribution is 7.45. The number of hydrogen-bond donors (Lipinski definition) is 1. The molecule has 0 aromatic heterocycles. The number of rotatable bonds is 31. The summed E-state index contributed by atoms with van der Waals surface area (Å²) in [6.07, 6.45) is 26.7. The second kappa shape index (κ2) is 27.1. The smallest absolute Gasteiger partial charge is 0.306 e. The quantitative estimate of drug-likeness (QED) is 0.0373. The third kappa shape index (κ3) is 30.8. The van der Waals surface area contributed by atoms with E-state index in [0.29, 0.717) is 11.0 Å². The Kier molecular flexibility index (Phi) is 26.7. The number of likely N-dealkylation sites (N-methyl/N-ethyl adjacent to an activating group) is 1. The Labute approximate surface area is 253 Å². The first kappa shape index (κ1) is 40.5. The summed E-state index contributed by atoms with van der Waals surface area (Å²) >= 11 is 0. The number of carbonyl (C=O) groups is 1. The van der Waals surface area contributed by atoms with Crippen molar-refractivity contribution in [3.63, 3.8) is 0 Å². The van der Waals surface area contributed by atoms with Crippen LogP contribution < -0.4 is 4.89 Å². The van der Waals surface area contributed by atoms with Crippen LogP contribution in [-0.2, 0) is 23.1 Å². The number of phosphoric acid groups is 1. The zero-order valence-corrected chi connectivity index (χ0v) is 28.1. The Morgan fingerprint density at radius 1 is 0.707 bits per heavy atom. The Hall–Kier alpha value is -0.500. The van der Waals surface area contributed by atoms with Gasteiger partial charge in [-0.3, -0.25) is 9.36 Å². The fourth-order valence-electron chi connectivity index (χ4n) is 4.71. The number of aliphatic hydroxyl groups is 1. The van der Waals surface area contributed by atoms with E-state index in [0.717, 1.165) is 19.3 Å². The van der Waals surface area contributed by atoms with Crippen LogP contribution in [0.5, 0.6) is 0 Å². The molecule has 0 aromatic carbocycles. The Morgan fingerprint density at radius 2 is 1.10 bits per heavy atom. The van der Waals surface area contributed by atoms with E-state index in [1.165, 1.54) is 116 Å². The van der Waals surface area contributed by atoms with Gasteiger partial charge in [-0.05, 0) is 6.42 Å². The van der Waals surface area contributed by atoms with Crippen molar-refractivity contribution >= 4 is 13.8 Å². The van der Waals surface area contributed by atoms with E-state index in [2.05, 4.69) is 6.92 Å². The molecule has 0 aliphatic rings. The summed E-state index contributed by atoms with van der Waals surface area (Å²) in [5.41, 5.74) is 0. The molecule has 1 unspecified atom stereocenters. The van der Waals surface area contributed by atoms with Crippen LogP contribution >= 0.6 is 7.82 Å². The normalized spacial score (nSPS) is 14.2. The lowest BCUT2D eigenvalue weighted by molar-refractivity contribution is -0.870. The molecule has 0 bridgehead atoms. The number of phosphoric ester groups is 1. The minimum atomic E-state index is -4.51. The standard InChI is InChI=1S/C32H66NO7P/c1-5-6-7-8-9-10-11-12-13-14-15-16-17-18-19-20-21-22-23-24-25-26-32(35)40-31(29-34)30-39-41(36,37)38-28-27-33(2,3)4/h31,34H,5-30H2,1-4H3/t31-/m1/s1. The minimum absolute atomic E-state index is 0.00661. The fourth-order valence-corrected chi connectivity index (χ4v) is 5.44. The average Bonchev–Trinajstić information content (AvgIpc) is 2.91. The Bertz CT molecular complexity index is 642. The third-order valence-electron chi connectivity index (χ3n) is 7.42. The van der Waals surface area contributed by atoms with Crippen LogP contribution in [0.1, 0.15) is 148 Å². The van der Waals surface area contributed by atoms with E-state index in [1.54, 1.807) is 0 Å². The van der Waals surface area contributed by atoms with Crippen molar-refractivity contribution in [2.75, 3.05) is 47.5 Å². The first-order chi connectivity index (χ1) is 19.6. The molecule has 0 spiro atoms. The van der Waals surface area contributed by atoms with Gasteiger partial charge in [0, 0.05) is 6.42 Å². The van der Waals surface area contributed by atoms with Gasteiger partial charge in [-0.1, -0.05) is 135 Å². The van der Waals surface area contributed by atoms with Crippen LogP contribution in [0.25, 0.3) is 0 Å². The molecule has 2 atom stereocenters. The average molecular weight is 608 g/mol. The van der Waals surface area contributed by atoms with Crippen LogP contribution in [0.2, 0.25) is 0 Å². The van der Waals surface area contributed by atoms with E-state index in [4.69, 9.17) is 13.8 Å². The molecule has 9 heteroatoms. The number of unbranched alkanes of at least 4 members (excludes halogenated alkanes) is 20. The molecule has 0 fully saturated rings. The highest BCUT2D eigenvalue weighted by Crippen LogP contribution is 2.38. The molecule has 0 saturated heterocycles. The van der Waals surface area contributed by atoms with Gasteiger partial charge in [0.2, 0.25) is 0 Å². The number of quaternary nitrogens is 1. The second-order valence-electron chi connectivity index (χ2n) is 12.7. The van der Waals surface area contributed by atoms with Gasteiger partial charge in [-0.25, -0.2) is 0 Å². The zero-order chi connectivity index (χ0) is 30.7. The van der Waals surface area contributed by atoms with E-state index in [1.807, 2.05) is 21.1 Å². The van der Waals surface area contributed by atoms with E-state index in [-0.39, 0.29) is 13.0 Å². The number of esters is 1. The van der Waals surface area contributed by atoms with Gasteiger partial charge in [-0.15, -0.1) is 0 Å². The molecule has 0 radical (unpaired) electrons. The van der Waals surface area contributed by atoms with Crippen molar-refractivity contribution in [3.05, 3.63) is 0 Å². The molecular weight excluding hydrogens is 541 g/mol. The summed E-state index contributed by atoms with van der Waals surface area (Å²) in [5.74, 6) is -0.447. The number of carbonyl (C=O) groups excluding carboxylic acids is 1. The van der Waals surface area contributed by atoms with Gasteiger partial charge in [0.05, 0.1) is 34.4 Å². The lowest BCUT2D eigenvalue weighted by atomic mass is 10.0. The summed E-state index contributed by atoms with van der Waals surface area (Å²) in [6, 6.07) is 0. The van der Waals surface area contributed by atoms with Crippen LogP contribution in [0.3, 0.4) is 0 Å². The Balaban J connectivity index is 3.53. The Morgan fingerprint density at radius 3 is 1.46 bits per heavy atom. The second-order valence-corrected chi connectivity index (χ2v) is 14.1. The van der Waals surface area contributed by atoms with Crippen LogP contribution in [-0.4, -0.2) is 69.2 Å². The van der Waals surface area contributed by atoms with Gasteiger partial charge in [0.15, 0.2) is 0 Å². The summed E-state index contributed by atoms with van der Waals surface area (Å²) in [5, 5.41) is 9.41. The van der Waals surface area contributed by atoms with E-state index >= 15 is 0 Å². The lowest BCUT2D eigenvalue weighted by Gasteiger charge is -2.28. The first-order valence-electron chi connectivity index (χ1n) is 16.8. The molecule has 1 N–H and O–H groups in total. The maximum Gasteiger partial charge on any atom is 0.306 e. The minimum Gasteiger partial charge on any atom is -0.756 e. The monoisotopic (exact) mass is 607 g/mol.